The molecule has 1 aromatic heterocycles. The van der Waals surface area contributed by atoms with E-state index in [2.05, 4.69) is 10.3 Å². The van der Waals surface area contributed by atoms with Gasteiger partial charge >= 0.3 is 5.97 Å². The highest BCUT2D eigenvalue weighted by molar-refractivity contribution is 7.15. The van der Waals surface area contributed by atoms with Crippen LogP contribution < -0.4 is 10.1 Å². The van der Waals surface area contributed by atoms with Crippen molar-refractivity contribution in [1.82, 2.24) is 4.98 Å². The van der Waals surface area contributed by atoms with Gasteiger partial charge in [0.05, 0.1) is 12.1 Å². The number of carbonyl (C=O) groups excluding carboxylic acids is 1. The molecule has 0 saturated carbocycles. The maximum absolute atomic E-state index is 12.0. The first-order valence-electron chi connectivity index (χ1n) is 7.53. The zero-order valence-electron chi connectivity index (χ0n) is 13.9. The van der Waals surface area contributed by atoms with Crippen LogP contribution >= 0.6 is 11.3 Å². The number of thiazole rings is 1. The number of aryl methyl sites for hydroxylation is 3. The van der Waals surface area contributed by atoms with Gasteiger partial charge in [-0.25, -0.2) is 4.98 Å². The number of ether oxygens (including phenoxy) is 1. The fourth-order valence-electron chi connectivity index (χ4n) is 2.11. The van der Waals surface area contributed by atoms with E-state index >= 15 is 0 Å². The monoisotopic (exact) mass is 348 g/mol. The molecule has 0 unspecified atom stereocenters. The molecule has 24 heavy (non-hydrogen) atoms. The van der Waals surface area contributed by atoms with Gasteiger partial charge in [-0.3, -0.25) is 14.9 Å². The number of nitrogens with zero attached hydrogens (tertiary/aromatic N) is 1. The Bertz CT molecular complexity index is 755. The van der Waals surface area contributed by atoms with Gasteiger partial charge in [-0.05, 0) is 44.4 Å². The average molecular weight is 348 g/mol. The summed E-state index contributed by atoms with van der Waals surface area (Å²) in [7, 11) is 0. The molecular weight excluding hydrogens is 328 g/mol. The Morgan fingerprint density at radius 3 is 2.75 bits per heavy atom. The lowest BCUT2D eigenvalue weighted by Gasteiger charge is -2.10. The van der Waals surface area contributed by atoms with Crippen LogP contribution in [0.4, 0.5) is 5.13 Å². The van der Waals surface area contributed by atoms with Crippen molar-refractivity contribution < 1.29 is 19.4 Å². The number of aliphatic carboxylic acids is 1. The molecule has 6 nitrogen and oxygen atoms in total. The maximum Gasteiger partial charge on any atom is 0.303 e. The summed E-state index contributed by atoms with van der Waals surface area (Å²) in [5, 5.41) is 11.9. The number of hydrogen-bond acceptors (Lipinski definition) is 5. The number of nitrogens with one attached hydrogen (secondary N) is 1. The molecule has 0 radical (unpaired) electrons. The Hall–Kier alpha value is -2.41. The van der Waals surface area contributed by atoms with Crippen LogP contribution in [0.15, 0.2) is 18.2 Å². The number of amides is 1. The first-order valence-corrected chi connectivity index (χ1v) is 8.35. The molecule has 2 aromatic rings. The van der Waals surface area contributed by atoms with Gasteiger partial charge in [0.2, 0.25) is 0 Å². The predicted molar refractivity (Wildman–Crippen MR) is 92.8 cm³/mol. The summed E-state index contributed by atoms with van der Waals surface area (Å²) in [5.74, 6) is -0.465. The summed E-state index contributed by atoms with van der Waals surface area (Å²) in [4.78, 5) is 27.8. The quantitative estimate of drug-likeness (QED) is 0.802. The molecule has 0 aliphatic carbocycles. The minimum atomic E-state index is -0.852. The summed E-state index contributed by atoms with van der Waals surface area (Å²) < 4.78 is 5.55. The lowest BCUT2D eigenvalue weighted by atomic mass is 10.1. The molecule has 0 aliphatic rings. The molecule has 1 heterocycles. The van der Waals surface area contributed by atoms with Gasteiger partial charge in [0.25, 0.3) is 5.91 Å². The molecule has 0 spiro atoms. The van der Waals surface area contributed by atoms with E-state index in [0.29, 0.717) is 17.3 Å². The van der Waals surface area contributed by atoms with Crippen LogP contribution in [0, 0.1) is 20.8 Å². The van der Waals surface area contributed by atoms with Crippen molar-refractivity contribution in [3.63, 3.8) is 0 Å². The number of hydrogen-bond donors (Lipinski definition) is 2. The van der Waals surface area contributed by atoms with Crippen LogP contribution in [0.1, 0.15) is 28.1 Å². The Kier molecular flexibility index (Phi) is 5.92. The van der Waals surface area contributed by atoms with E-state index in [0.717, 1.165) is 21.7 Å². The largest absolute Gasteiger partial charge is 0.483 e. The third kappa shape index (κ3) is 4.79. The molecule has 7 heteroatoms. The Balaban J connectivity index is 1.91. The van der Waals surface area contributed by atoms with Crippen molar-refractivity contribution in [2.75, 3.05) is 11.9 Å². The summed E-state index contributed by atoms with van der Waals surface area (Å²) in [5.41, 5.74) is 2.85. The highest BCUT2D eigenvalue weighted by Crippen LogP contribution is 2.24. The lowest BCUT2D eigenvalue weighted by molar-refractivity contribution is -0.137. The van der Waals surface area contributed by atoms with Gasteiger partial charge in [0.1, 0.15) is 5.75 Å². The SMILES string of the molecule is Cc1cccc(OCC(=O)Nc2nc(C)c(CCC(=O)O)s2)c1C. The maximum atomic E-state index is 12.0. The zero-order valence-corrected chi connectivity index (χ0v) is 14.7. The number of benzene rings is 1. The fourth-order valence-corrected chi connectivity index (χ4v) is 3.09. The number of aromatic nitrogens is 1. The van der Waals surface area contributed by atoms with Crippen molar-refractivity contribution in [3.05, 3.63) is 39.9 Å². The van der Waals surface area contributed by atoms with Crippen LogP contribution in [0.5, 0.6) is 5.75 Å². The number of carboxylic acids is 1. The Morgan fingerprint density at radius 1 is 1.29 bits per heavy atom. The third-order valence-corrected chi connectivity index (χ3v) is 4.75. The number of carboxylic acid groups (broad SMARTS) is 1. The van der Waals surface area contributed by atoms with E-state index in [1.54, 1.807) is 6.92 Å². The normalized spacial score (nSPS) is 10.5. The molecule has 1 amide bonds. The molecule has 1 aromatic carbocycles. The van der Waals surface area contributed by atoms with Gasteiger partial charge < -0.3 is 9.84 Å². The molecular formula is C17H20N2O4S. The van der Waals surface area contributed by atoms with Crippen molar-refractivity contribution in [3.8, 4) is 5.75 Å². The topological polar surface area (TPSA) is 88.5 Å². The molecule has 0 atom stereocenters. The van der Waals surface area contributed by atoms with Gasteiger partial charge in [-0.15, -0.1) is 11.3 Å². The summed E-state index contributed by atoms with van der Waals surface area (Å²) >= 11 is 1.30. The summed E-state index contributed by atoms with van der Waals surface area (Å²) in [6, 6.07) is 5.70. The van der Waals surface area contributed by atoms with E-state index in [1.807, 2.05) is 32.0 Å². The number of carbonyl (C=O) groups is 2. The minimum Gasteiger partial charge on any atom is -0.483 e. The van der Waals surface area contributed by atoms with Gasteiger partial charge in [-0.1, -0.05) is 12.1 Å². The minimum absolute atomic E-state index is 0.0478. The van der Waals surface area contributed by atoms with Gasteiger partial charge in [-0.2, -0.15) is 0 Å². The van der Waals surface area contributed by atoms with E-state index < -0.39 is 5.97 Å². The van der Waals surface area contributed by atoms with Gasteiger partial charge in [0, 0.05) is 4.88 Å². The first kappa shape index (κ1) is 17.9. The van der Waals surface area contributed by atoms with E-state index in [1.165, 1.54) is 11.3 Å². The van der Waals surface area contributed by atoms with E-state index in [4.69, 9.17) is 9.84 Å². The van der Waals surface area contributed by atoms with Crippen LogP contribution in [-0.4, -0.2) is 28.6 Å². The molecule has 0 saturated heterocycles. The average Bonchev–Trinajstić information content (AvgIpc) is 2.86. The standard InChI is InChI=1S/C17H20N2O4S/c1-10-5-4-6-13(11(10)2)23-9-15(20)19-17-18-12(3)14(24-17)7-8-16(21)22/h4-6H,7-9H2,1-3H3,(H,21,22)(H,18,19,20). The van der Waals surface area contributed by atoms with Crippen LogP contribution in [0.2, 0.25) is 0 Å². The summed E-state index contributed by atoms with van der Waals surface area (Å²) in [6.45, 7) is 5.63. The lowest BCUT2D eigenvalue weighted by Crippen LogP contribution is -2.20. The second-order valence-electron chi connectivity index (χ2n) is 5.46. The molecule has 0 bridgehead atoms. The van der Waals surface area contributed by atoms with Crippen molar-refractivity contribution >= 4 is 28.3 Å². The molecule has 2 N–H and O–H groups in total. The van der Waals surface area contributed by atoms with Gasteiger partial charge in [0.15, 0.2) is 11.7 Å². The van der Waals surface area contributed by atoms with Crippen LogP contribution in [-0.2, 0) is 16.0 Å². The highest BCUT2D eigenvalue weighted by atomic mass is 32.1. The highest BCUT2D eigenvalue weighted by Gasteiger charge is 2.12. The predicted octanol–water partition coefficient (Wildman–Crippen LogP) is 3.10. The number of anilines is 1. The molecule has 2 rings (SSSR count). The Labute approximate surface area is 144 Å². The van der Waals surface area contributed by atoms with Crippen LogP contribution in [0.3, 0.4) is 0 Å². The van der Waals surface area contributed by atoms with E-state index in [-0.39, 0.29) is 18.9 Å². The first-order chi connectivity index (χ1) is 11.4. The van der Waals surface area contributed by atoms with E-state index in [9.17, 15) is 9.59 Å². The summed E-state index contributed by atoms with van der Waals surface area (Å²) in [6.07, 6.45) is 0.458. The fraction of sp³-hybridized carbons (Fsp3) is 0.353. The smallest absolute Gasteiger partial charge is 0.303 e. The van der Waals surface area contributed by atoms with Crippen LogP contribution in [0.25, 0.3) is 0 Å². The second-order valence-corrected chi connectivity index (χ2v) is 6.54. The number of rotatable bonds is 7. The van der Waals surface area contributed by atoms with Crippen molar-refractivity contribution in [1.29, 1.82) is 0 Å². The third-order valence-electron chi connectivity index (χ3n) is 3.62. The van der Waals surface area contributed by atoms with Crippen molar-refractivity contribution in [2.24, 2.45) is 0 Å². The Morgan fingerprint density at radius 2 is 2.04 bits per heavy atom. The second kappa shape index (κ2) is 7.92. The zero-order chi connectivity index (χ0) is 17.7. The van der Waals surface area contributed by atoms with Crippen molar-refractivity contribution in [2.45, 2.75) is 33.6 Å². The molecule has 0 aliphatic heterocycles. The molecule has 128 valence electrons. The molecule has 0 fully saturated rings.